The van der Waals surface area contributed by atoms with Crippen LogP contribution in [0.25, 0.3) is 0 Å². The SMILES string of the molecule is Cc1cc(F)c(N2CCC(=O)C(C)C2)cc1F. The molecule has 0 spiro atoms. The number of benzene rings is 1. The van der Waals surface area contributed by atoms with Crippen molar-refractivity contribution in [1.29, 1.82) is 0 Å². The minimum atomic E-state index is -0.426. The Balaban J connectivity index is 2.29. The molecule has 17 heavy (non-hydrogen) atoms. The number of carbonyl (C=O) groups excluding carboxylic acids is 1. The molecule has 1 aliphatic heterocycles. The topological polar surface area (TPSA) is 20.3 Å². The first-order chi connectivity index (χ1) is 7.99. The number of halogens is 2. The lowest BCUT2D eigenvalue weighted by Gasteiger charge is -2.32. The second-order valence-corrected chi connectivity index (χ2v) is 4.62. The van der Waals surface area contributed by atoms with E-state index in [4.69, 9.17) is 0 Å². The highest BCUT2D eigenvalue weighted by atomic mass is 19.1. The monoisotopic (exact) mass is 239 g/mol. The summed E-state index contributed by atoms with van der Waals surface area (Å²) in [5.41, 5.74) is 0.555. The first-order valence-electron chi connectivity index (χ1n) is 5.72. The summed E-state index contributed by atoms with van der Waals surface area (Å²) >= 11 is 0. The van der Waals surface area contributed by atoms with Crippen LogP contribution in [0.3, 0.4) is 0 Å². The van der Waals surface area contributed by atoms with Gasteiger partial charge in [-0.2, -0.15) is 0 Å². The molecule has 0 saturated carbocycles. The van der Waals surface area contributed by atoms with Gasteiger partial charge in [0.1, 0.15) is 17.4 Å². The van der Waals surface area contributed by atoms with Crippen molar-refractivity contribution >= 4 is 11.5 Å². The van der Waals surface area contributed by atoms with Gasteiger partial charge in [0.2, 0.25) is 0 Å². The van der Waals surface area contributed by atoms with E-state index >= 15 is 0 Å². The third-order valence-corrected chi connectivity index (χ3v) is 3.24. The van der Waals surface area contributed by atoms with Gasteiger partial charge in [-0.05, 0) is 18.6 Å². The number of rotatable bonds is 1. The molecule has 2 nitrogen and oxygen atoms in total. The lowest BCUT2D eigenvalue weighted by Crippen LogP contribution is -2.40. The van der Waals surface area contributed by atoms with Crippen LogP contribution in [-0.4, -0.2) is 18.9 Å². The van der Waals surface area contributed by atoms with Gasteiger partial charge in [0, 0.05) is 31.5 Å². The van der Waals surface area contributed by atoms with E-state index in [1.807, 2.05) is 6.92 Å². The average molecular weight is 239 g/mol. The zero-order valence-electron chi connectivity index (χ0n) is 9.96. The quantitative estimate of drug-likeness (QED) is 0.751. The molecule has 1 atom stereocenters. The number of carbonyl (C=O) groups is 1. The molecule has 0 N–H and O–H groups in total. The third kappa shape index (κ3) is 2.30. The fourth-order valence-electron chi connectivity index (χ4n) is 2.11. The van der Waals surface area contributed by atoms with E-state index in [-0.39, 0.29) is 17.4 Å². The van der Waals surface area contributed by atoms with E-state index in [0.29, 0.717) is 25.1 Å². The Bertz CT molecular complexity index is 459. The van der Waals surface area contributed by atoms with Crippen LogP contribution in [0.5, 0.6) is 0 Å². The van der Waals surface area contributed by atoms with Crippen LogP contribution in [0.1, 0.15) is 18.9 Å². The van der Waals surface area contributed by atoms with Crippen LogP contribution in [0.2, 0.25) is 0 Å². The Morgan fingerprint density at radius 3 is 2.65 bits per heavy atom. The van der Waals surface area contributed by atoms with Gasteiger partial charge >= 0.3 is 0 Å². The number of hydrogen-bond donors (Lipinski definition) is 0. The van der Waals surface area contributed by atoms with Crippen LogP contribution in [0.15, 0.2) is 12.1 Å². The van der Waals surface area contributed by atoms with E-state index in [9.17, 15) is 13.6 Å². The Kier molecular flexibility index (Phi) is 3.13. The van der Waals surface area contributed by atoms with E-state index in [0.717, 1.165) is 0 Å². The molecule has 1 fully saturated rings. The number of ketones is 1. The fourth-order valence-corrected chi connectivity index (χ4v) is 2.11. The highest BCUT2D eigenvalue weighted by molar-refractivity contribution is 5.83. The number of aryl methyl sites for hydroxylation is 1. The molecule has 0 aromatic heterocycles. The molecule has 1 saturated heterocycles. The molecule has 0 radical (unpaired) electrons. The van der Waals surface area contributed by atoms with Crippen molar-refractivity contribution < 1.29 is 13.6 Å². The van der Waals surface area contributed by atoms with Crippen LogP contribution in [0.4, 0.5) is 14.5 Å². The summed E-state index contributed by atoms with van der Waals surface area (Å²) in [6, 6.07) is 2.42. The lowest BCUT2D eigenvalue weighted by molar-refractivity contribution is -0.122. The van der Waals surface area contributed by atoms with Crippen molar-refractivity contribution in [2.75, 3.05) is 18.0 Å². The number of hydrogen-bond acceptors (Lipinski definition) is 2. The van der Waals surface area contributed by atoms with Crippen LogP contribution < -0.4 is 4.90 Å². The fraction of sp³-hybridized carbons (Fsp3) is 0.462. The van der Waals surface area contributed by atoms with Crippen molar-refractivity contribution in [3.63, 3.8) is 0 Å². The van der Waals surface area contributed by atoms with Gasteiger partial charge in [0.05, 0.1) is 5.69 Å². The molecular formula is C13H15F2NO. The van der Waals surface area contributed by atoms with Crippen molar-refractivity contribution in [3.05, 3.63) is 29.3 Å². The normalized spacial score (nSPS) is 20.8. The molecule has 1 unspecified atom stereocenters. The second-order valence-electron chi connectivity index (χ2n) is 4.62. The lowest BCUT2D eigenvalue weighted by atomic mass is 9.98. The van der Waals surface area contributed by atoms with Crippen molar-refractivity contribution in [3.8, 4) is 0 Å². The molecule has 1 aliphatic rings. The Morgan fingerprint density at radius 1 is 1.29 bits per heavy atom. The van der Waals surface area contributed by atoms with Gasteiger partial charge in [0.25, 0.3) is 0 Å². The molecule has 1 aromatic rings. The number of Topliss-reactive ketones (excluding diaryl/α,β-unsaturated/α-hetero) is 1. The number of nitrogens with zero attached hydrogens (tertiary/aromatic N) is 1. The minimum absolute atomic E-state index is 0.118. The Labute approximate surface area is 99.2 Å². The molecule has 1 heterocycles. The van der Waals surface area contributed by atoms with Crippen LogP contribution in [0, 0.1) is 24.5 Å². The summed E-state index contributed by atoms with van der Waals surface area (Å²) in [4.78, 5) is 13.1. The summed E-state index contributed by atoms with van der Waals surface area (Å²) in [5.74, 6) is -0.766. The number of anilines is 1. The molecular weight excluding hydrogens is 224 g/mol. The molecule has 92 valence electrons. The molecule has 2 rings (SSSR count). The maximum absolute atomic E-state index is 13.7. The standard InChI is InChI=1S/C13H15F2NO/c1-8-5-11(15)12(6-10(8)14)16-4-3-13(17)9(2)7-16/h5-6,9H,3-4,7H2,1-2H3. The zero-order valence-corrected chi connectivity index (χ0v) is 9.96. The van der Waals surface area contributed by atoms with Crippen molar-refractivity contribution in [2.24, 2.45) is 5.92 Å². The predicted molar refractivity (Wildman–Crippen MR) is 62.1 cm³/mol. The second kappa shape index (κ2) is 4.43. The zero-order chi connectivity index (χ0) is 12.6. The maximum Gasteiger partial charge on any atom is 0.146 e. The van der Waals surface area contributed by atoms with Gasteiger partial charge in [-0.1, -0.05) is 6.92 Å². The van der Waals surface area contributed by atoms with Gasteiger partial charge < -0.3 is 4.90 Å². The van der Waals surface area contributed by atoms with E-state index in [2.05, 4.69) is 0 Å². The highest BCUT2D eigenvalue weighted by Crippen LogP contribution is 2.26. The first kappa shape index (κ1) is 12.0. The van der Waals surface area contributed by atoms with Crippen molar-refractivity contribution in [1.82, 2.24) is 0 Å². The molecule has 0 bridgehead atoms. The van der Waals surface area contributed by atoms with E-state index in [1.54, 1.807) is 4.90 Å². The minimum Gasteiger partial charge on any atom is -0.368 e. The Morgan fingerprint density at radius 2 is 2.00 bits per heavy atom. The van der Waals surface area contributed by atoms with Gasteiger partial charge in [0.15, 0.2) is 0 Å². The molecule has 0 aliphatic carbocycles. The Hall–Kier alpha value is -1.45. The summed E-state index contributed by atoms with van der Waals surface area (Å²) in [7, 11) is 0. The largest absolute Gasteiger partial charge is 0.368 e. The average Bonchev–Trinajstić information content (AvgIpc) is 2.27. The van der Waals surface area contributed by atoms with Gasteiger partial charge in [-0.25, -0.2) is 8.78 Å². The predicted octanol–water partition coefficient (Wildman–Crippen LogP) is 2.69. The first-order valence-corrected chi connectivity index (χ1v) is 5.72. The summed E-state index contributed by atoms with van der Waals surface area (Å²) in [6.07, 6.45) is 0.399. The van der Waals surface area contributed by atoms with Gasteiger partial charge in [-0.3, -0.25) is 4.79 Å². The van der Waals surface area contributed by atoms with Crippen molar-refractivity contribution in [2.45, 2.75) is 20.3 Å². The highest BCUT2D eigenvalue weighted by Gasteiger charge is 2.25. The van der Waals surface area contributed by atoms with Crippen LogP contribution >= 0.6 is 0 Å². The summed E-state index contributed by atoms with van der Waals surface area (Å²) in [5, 5.41) is 0. The third-order valence-electron chi connectivity index (χ3n) is 3.24. The van der Waals surface area contributed by atoms with E-state index in [1.165, 1.54) is 19.1 Å². The summed E-state index contributed by atoms with van der Waals surface area (Å²) in [6.45, 7) is 4.27. The molecule has 0 amide bonds. The van der Waals surface area contributed by atoms with Crippen LogP contribution in [-0.2, 0) is 4.79 Å². The summed E-state index contributed by atoms with van der Waals surface area (Å²) < 4.78 is 27.2. The van der Waals surface area contributed by atoms with E-state index < -0.39 is 11.6 Å². The molecule has 4 heteroatoms. The number of piperidine rings is 1. The smallest absolute Gasteiger partial charge is 0.146 e. The maximum atomic E-state index is 13.7. The van der Waals surface area contributed by atoms with Gasteiger partial charge in [-0.15, -0.1) is 0 Å². The molecule has 1 aromatic carbocycles.